The van der Waals surface area contributed by atoms with E-state index >= 15 is 0 Å². The van der Waals surface area contributed by atoms with Crippen molar-refractivity contribution in [3.05, 3.63) is 76.0 Å². The zero-order valence-corrected chi connectivity index (χ0v) is 16.2. The minimum absolute atomic E-state index is 0.0202. The Labute approximate surface area is 167 Å². The number of ether oxygens (including phenoxy) is 2. The van der Waals surface area contributed by atoms with E-state index in [1.165, 1.54) is 6.08 Å². The summed E-state index contributed by atoms with van der Waals surface area (Å²) in [5.74, 6) is -1.31. The fraction of sp³-hybridized carbons (Fsp3) is 0.190. The Bertz CT molecular complexity index is 1100. The van der Waals surface area contributed by atoms with Crippen LogP contribution in [0.3, 0.4) is 0 Å². The van der Waals surface area contributed by atoms with Crippen LogP contribution in [0.1, 0.15) is 24.0 Å². The van der Waals surface area contributed by atoms with Crippen molar-refractivity contribution in [2.45, 2.75) is 19.8 Å². The first-order valence-electron chi connectivity index (χ1n) is 8.50. The smallest absolute Gasteiger partial charge is 0.338 e. The number of rotatable bonds is 4. The highest BCUT2D eigenvalue weighted by molar-refractivity contribution is 6.30. The van der Waals surface area contributed by atoms with Crippen molar-refractivity contribution in [3.8, 4) is 6.07 Å². The average molecular weight is 396 g/mol. The number of hydrogen-bond acceptors (Lipinski definition) is 6. The van der Waals surface area contributed by atoms with Crippen LogP contribution in [-0.4, -0.2) is 17.6 Å². The summed E-state index contributed by atoms with van der Waals surface area (Å²) in [4.78, 5) is 17.1. The highest BCUT2D eigenvalue weighted by atomic mass is 35.5. The molecule has 7 heteroatoms. The Morgan fingerprint density at radius 1 is 1.46 bits per heavy atom. The number of nitrogens with two attached hydrogens (primary N) is 1. The van der Waals surface area contributed by atoms with Crippen LogP contribution in [0.5, 0.6) is 0 Å². The monoisotopic (exact) mass is 395 g/mol. The number of benzene rings is 1. The fourth-order valence-electron chi connectivity index (χ4n) is 3.16. The van der Waals surface area contributed by atoms with E-state index in [0.717, 1.165) is 10.9 Å². The van der Waals surface area contributed by atoms with Gasteiger partial charge in [-0.1, -0.05) is 35.9 Å². The van der Waals surface area contributed by atoms with Gasteiger partial charge in [0.1, 0.15) is 29.2 Å². The predicted molar refractivity (Wildman–Crippen MR) is 106 cm³/mol. The van der Waals surface area contributed by atoms with Crippen LogP contribution in [0.25, 0.3) is 10.9 Å². The van der Waals surface area contributed by atoms with Gasteiger partial charge in [-0.25, -0.2) is 9.78 Å². The third kappa shape index (κ3) is 3.45. The molecule has 0 saturated heterocycles. The second-order valence-electron chi connectivity index (χ2n) is 6.35. The van der Waals surface area contributed by atoms with Crippen LogP contribution in [-0.2, 0) is 14.3 Å². The number of esters is 1. The molecule has 2 N–H and O–H groups in total. The van der Waals surface area contributed by atoms with Crippen LogP contribution in [0.4, 0.5) is 0 Å². The number of allylic oxidation sites excluding steroid dienone is 2. The van der Waals surface area contributed by atoms with Gasteiger partial charge in [-0.2, -0.15) is 5.26 Å². The highest BCUT2D eigenvalue weighted by Crippen LogP contribution is 2.42. The van der Waals surface area contributed by atoms with Crippen LogP contribution in [0, 0.1) is 18.3 Å². The van der Waals surface area contributed by atoms with Gasteiger partial charge in [0, 0.05) is 10.9 Å². The third-order valence-electron chi connectivity index (χ3n) is 4.42. The average Bonchev–Trinajstić information content (AvgIpc) is 2.65. The molecule has 2 heterocycles. The molecule has 1 unspecified atom stereocenters. The molecule has 3 rings (SSSR count). The van der Waals surface area contributed by atoms with E-state index in [1.807, 2.05) is 37.3 Å². The third-order valence-corrected chi connectivity index (χ3v) is 4.72. The van der Waals surface area contributed by atoms with E-state index in [9.17, 15) is 10.1 Å². The van der Waals surface area contributed by atoms with E-state index in [0.29, 0.717) is 11.1 Å². The molecule has 0 bridgehead atoms. The lowest BCUT2D eigenvalue weighted by molar-refractivity contribution is -0.138. The van der Waals surface area contributed by atoms with Crippen molar-refractivity contribution >= 4 is 28.5 Å². The van der Waals surface area contributed by atoms with Crippen LogP contribution < -0.4 is 5.73 Å². The number of carbonyl (C=O) groups is 1. The van der Waals surface area contributed by atoms with Gasteiger partial charge in [0.05, 0.1) is 17.0 Å². The van der Waals surface area contributed by atoms with Gasteiger partial charge in [0.15, 0.2) is 0 Å². The predicted octanol–water partition coefficient (Wildman–Crippen LogP) is 4.01. The lowest BCUT2D eigenvalue weighted by atomic mass is 9.83. The number of carbonyl (C=O) groups excluding carboxylic acids is 1. The molecule has 2 aromatic rings. The maximum atomic E-state index is 12.7. The highest BCUT2D eigenvalue weighted by Gasteiger charge is 2.37. The first kappa shape index (κ1) is 19.5. The quantitative estimate of drug-likeness (QED) is 0.477. The maximum Gasteiger partial charge on any atom is 0.338 e. The van der Waals surface area contributed by atoms with Gasteiger partial charge in [-0.15, -0.1) is 0 Å². The Morgan fingerprint density at radius 2 is 2.21 bits per heavy atom. The molecular formula is C21H18ClN3O3. The first-order valence-corrected chi connectivity index (χ1v) is 8.88. The maximum absolute atomic E-state index is 12.7. The molecule has 1 aromatic carbocycles. The molecule has 0 fully saturated rings. The SMILES string of the molecule is C=CCOC(=O)C1=C(C)OC(N)=C(C#N)C1c1cc2cc(C)ccc2nc1Cl. The first-order chi connectivity index (χ1) is 13.4. The lowest BCUT2D eigenvalue weighted by Crippen LogP contribution is -2.26. The van der Waals surface area contributed by atoms with E-state index < -0.39 is 11.9 Å². The molecule has 1 aromatic heterocycles. The van der Waals surface area contributed by atoms with Crippen LogP contribution in [0.2, 0.25) is 5.15 Å². The van der Waals surface area contributed by atoms with Crippen molar-refractivity contribution in [3.63, 3.8) is 0 Å². The second kappa shape index (κ2) is 7.75. The second-order valence-corrected chi connectivity index (χ2v) is 6.70. The Morgan fingerprint density at radius 3 is 2.89 bits per heavy atom. The number of fused-ring (bicyclic) bond motifs is 1. The lowest BCUT2D eigenvalue weighted by Gasteiger charge is -2.27. The Balaban J connectivity index is 2.24. The molecule has 142 valence electrons. The van der Waals surface area contributed by atoms with Crippen LogP contribution >= 0.6 is 11.6 Å². The number of halogens is 1. The molecule has 1 atom stereocenters. The van der Waals surface area contributed by atoms with E-state index in [4.69, 9.17) is 26.8 Å². The van der Waals surface area contributed by atoms with Crippen molar-refractivity contribution in [2.24, 2.45) is 5.73 Å². The van der Waals surface area contributed by atoms with Gasteiger partial charge >= 0.3 is 5.97 Å². The van der Waals surface area contributed by atoms with Gasteiger partial charge in [-0.3, -0.25) is 0 Å². The van der Waals surface area contributed by atoms with Crippen molar-refractivity contribution in [1.29, 1.82) is 5.26 Å². The summed E-state index contributed by atoms with van der Waals surface area (Å²) >= 11 is 6.45. The summed E-state index contributed by atoms with van der Waals surface area (Å²) in [6.07, 6.45) is 1.45. The molecule has 1 aliphatic rings. The number of aryl methyl sites for hydroxylation is 1. The van der Waals surface area contributed by atoms with Crippen molar-refractivity contribution in [1.82, 2.24) is 4.98 Å². The minimum Gasteiger partial charge on any atom is -0.458 e. The number of nitrogens with zero attached hydrogens (tertiary/aromatic N) is 2. The molecule has 0 saturated carbocycles. The van der Waals surface area contributed by atoms with Crippen molar-refractivity contribution in [2.75, 3.05) is 6.61 Å². The fourth-order valence-corrected chi connectivity index (χ4v) is 3.42. The standard InChI is InChI=1S/C21H18ClN3O3/c1-4-7-27-21(26)17-12(3)28-20(24)15(10-23)18(17)14-9-13-8-11(2)5-6-16(13)25-19(14)22/h4-6,8-9,18H,1,7,24H2,2-3H3. The molecule has 6 nitrogen and oxygen atoms in total. The zero-order chi connectivity index (χ0) is 20.4. The minimum atomic E-state index is -0.846. The summed E-state index contributed by atoms with van der Waals surface area (Å²) in [6, 6.07) is 9.59. The van der Waals surface area contributed by atoms with Gasteiger partial charge in [-0.05, 0) is 32.0 Å². The van der Waals surface area contributed by atoms with E-state index in [1.54, 1.807) is 6.92 Å². The van der Waals surface area contributed by atoms with Crippen LogP contribution in [0.15, 0.2) is 59.7 Å². The van der Waals surface area contributed by atoms with Crippen molar-refractivity contribution < 1.29 is 14.3 Å². The molecule has 1 aliphatic heterocycles. The molecular weight excluding hydrogens is 378 g/mol. The Hall–Kier alpha value is -3.30. The van der Waals surface area contributed by atoms with E-state index in [2.05, 4.69) is 11.6 Å². The summed E-state index contributed by atoms with van der Waals surface area (Å²) < 4.78 is 10.6. The molecule has 28 heavy (non-hydrogen) atoms. The number of aromatic nitrogens is 1. The van der Waals surface area contributed by atoms with Gasteiger partial charge < -0.3 is 15.2 Å². The Kier molecular flexibility index (Phi) is 5.39. The normalized spacial score (nSPS) is 16.6. The zero-order valence-electron chi connectivity index (χ0n) is 15.5. The summed E-state index contributed by atoms with van der Waals surface area (Å²) in [5.41, 5.74) is 8.39. The summed E-state index contributed by atoms with van der Waals surface area (Å²) in [7, 11) is 0. The topological polar surface area (TPSA) is 98.2 Å². The van der Waals surface area contributed by atoms with E-state index in [-0.39, 0.29) is 34.5 Å². The molecule has 0 radical (unpaired) electrons. The van der Waals surface area contributed by atoms with Gasteiger partial charge in [0.25, 0.3) is 0 Å². The summed E-state index contributed by atoms with van der Waals surface area (Å²) in [5, 5.41) is 10.7. The molecule has 0 amide bonds. The molecule has 0 aliphatic carbocycles. The molecule has 0 spiro atoms. The summed E-state index contributed by atoms with van der Waals surface area (Å²) in [6.45, 7) is 7.11. The number of nitriles is 1. The number of hydrogen-bond donors (Lipinski definition) is 1. The number of pyridine rings is 1. The van der Waals surface area contributed by atoms with Gasteiger partial charge in [0.2, 0.25) is 5.88 Å². The largest absolute Gasteiger partial charge is 0.458 e.